The van der Waals surface area contributed by atoms with E-state index in [1.807, 2.05) is 29.2 Å². The third kappa shape index (κ3) is 3.09. The number of ether oxygens (including phenoxy) is 1. The highest BCUT2D eigenvalue weighted by atomic mass is 16.5. The maximum Gasteiger partial charge on any atom is 0.263 e. The van der Waals surface area contributed by atoms with E-state index in [4.69, 9.17) is 4.74 Å². The molecule has 1 N–H and O–H groups in total. The molecule has 0 bridgehead atoms. The van der Waals surface area contributed by atoms with Gasteiger partial charge in [0.25, 0.3) is 5.91 Å². The van der Waals surface area contributed by atoms with Crippen molar-refractivity contribution in [3.8, 4) is 17.1 Å². The largest absolute Gasteiger partial charge is 0.481 e. The number of aromatic nitrogens is 4. The number of benzene rings is 1. The SMILES string of the molecule is CC(Oc1cccc(-c2nn[nH]n2)c1)C(=O)N1CCN(C)C2(CC2)C1. The third-order valence-electron chi connectivity index (χ3n) is 5.24. The van der Waals surface area contributed by atoms with Crippen LogP contribution in [0.5, 0.6) is 5.75 Å². The molecule has 0 radical (unpaired) electrons. The fourth-order valence-electron chi connectivity index (χ4n) is 3.44. The molecule has 1 saturated carbocycles. The number of aromatic amines is 1. The summed E-state index contributed by atoms with van der Waals surface area (Å²) in [6, 6.07) is 7.38. The molecular weight excluding hydrogens is 320 g/mol. The number of tetrazole rings is 1. The van der Waals surface area contributed by atoms with E-state index in [2.05, 4.69) is 32.6 Å². The number of carbonyl (C=O) groups excluding carboxylic acids is 1. The van der Waals surface area contributed by atoms with Crippen LogP contribution in [0.4, 0.5) is 0 Å². The zero-order valence-corrected chi connectivity index (χ0v) is 14.5. The van der Waals surface area contributed by atoms with E-state index in [-0.39, 0.29) is 11.4 Å². The van der Waals surface area contributed by atoms with E-state index in [1.54, 1.807) is 6.92 Å². The molecule has 8 heteroatoms. The lowest BCUT2D eigenvalue weighted by Crippen LogP contribution is -2.57. The first-order valence-electron chi connectivity index (χ1n) is 8.58. The second kappa shape index (κ2) is 6.11. The number of hydrogen-bond donors (Lipinski definition) is 1. The molecule has 2 heterocycles. The minimum Gasteiger partial charge on any atom is -0.481 e. The number of nitrogens with one attached hydrogen (secondary N) is 1. The van der Waals surface area contributed by atoms with Gasteiger partial charge in [0.15, 0.2) is 6.10 Å². The number of nitrogens with zero attached hydrogens (tertiary/aromatic N) is 5. The molecule has 8 nitrogen and oxygen atoms in total. The number of rotatable bonds is 4. The zero-order chi connectivity index (χ0) is 17.4. The lowest BCUT2D eigenvalue weighted by atomic mass is 10.1. The Labute approximate surface area is 146 Å². The summed E-state index contributed by atoms with van der Waals surface area (Å²) in [6.45, 7) is 4.29. The van der Waals surface area contributed by atoms with Gasteiger partial charge in [-0.3, -0.25) is 9.69 Å². The van der Waals surface area contributed by atoms with Crippen LogP contribution in [-0.4, -0.2) is 74.7 Å². The molecule has 2 aliphatic rings. The summed E-state index contributed by atoms with van der Waals surface area (Å²) in [5, 5.41) is 13.9. The minimum absolute atomic E-state index is 0.0457. The second-order valence-electron chi connectivity index (χ2n) is 6.93. The summed E-state index contributed by atoms with van der Waals surface area (Å²) in [4.78, 5) is 17.1. The van der Waals surface area contributed by atoms with Gasteiger partial charge < -0.3 is 9.64 Å². The molecule has 2 fully saturated rings. The molecule has 1 amide bonds. The van der Waals surface area contributed by atoms with Crippen LogP contribution in [0.25, 0.3) is 11.4 Å². The molecule has 4 rings (SSSR count). The van der Waals surface area contributed by atoms with E-state index in [9.17, 15) is 4.79 Å². The van der Waals surface area contributed by atoms with Gasteiger partial charge in [-0.25, -0.2) is 0 Å². The molecule has 1 aliphatic carbocycles. The van der Waals surface area contributed by atoms with Crippen molar-refractivity contribution in [2.24, 2.45) is 0 Å². The van der Waals surface area contributed by atoms with Gasteiger partial charge in [-0.15, -0.1) is 10.2 Å². The van der Waals surface area contributed by atoms with Gasteiger partial charge in [0, 0.05) is 30.7 Å². The van der Waals surface area contributed by atoms with Gasteiger partial charge in [0.1, 0.15) is 5.75 Å². The maximum absolute atomic E-state index is 12.8. The molecule has 25 heavy (non-hydrogen) atoms. The predicted octanol–water partition coefficient (Wildman–Crippen LogP) is 0.941. The minimum atomic E-state index is -0.528. The second-order valence-corrected chi connectivity index (χ2v) is 6.93. The van der Waals surface area contributed by atoms with E-state index in [1.165, 1.54) is 12.8 Å². The summed E-state index contributed by atoms with van der Waals surface area (Å²) in [5.41, 5.74) is 1.01. The first-order valence-corrected chi connectivity index (χ1v) is 8.58. The van der Waals surface area contributed by atoms with Crippen molar-refractivity contribution in [1.29, 1.82) is 0 Å². The summed E-state index contributed by atoms with van der Waals surface area (Å²) in [5.74, 6) is 1.17. The lowest BCUT2D eigenvalue weighted by Gasteiger charge is -2.40. The van der Waals surface area contributed by atoms with E-state index < -0.39 is 6.10 Å². The summed E-state index contributed by atoms with van der Waals surface area (Å²) in [6.07, 6.45) is 1.82. The van der Waals surface area contributed by atoms with Crippen LogP contribution in [0, 0.1) is 0 Å². The van der Waals surface area contributed by atoms with Crippen LogP contribution in [0.1, 0.15) is 19.8 Å². The van der Waals surface area contributed by atoms with E-state index in [0.29, 0.717) is 11.6 Å². The first kappa shape index (κ1) is 16.0. The smallest absolute Gasteiger partial charge is 0.263 e. The van der Waals surface area contributed by atoms with Gasteiger partial charge in [0.2, 0.25) is 5.82 Å². The van der Waals surface area contributed by atoms with Crippen LogP contribution in [-0.2, 0) is 4.79 Å². The maximum atomic E-state index is 12.8. The van der Waals surface area contributed by atoms with Crippen molar-refractivity contribution in [2.75, 3.05) is 26.7 Å². The summed E-state index contributed by atoms with van der Waals surface area (Å²) in [7, 11) is 2.15. The van der Waals surface area contributed by atoms with Crippen molar-refractivity contribution in [2.45, 2.75) is 31.4 Å². The standard InChI is InChI=1S/C17H22N6O2/c1-12(16(24)23-9-8-22(2)17(11-23)6-7-17)25-14-5-3-4-13(10-14)15-18-20-21-19-15/h3-5,10,12H,6-9,11H2,1-2H3,(H,18,19,20,21). The predicted molar refractivity (Wildman–Crippen MR) is 90.9 cm³/mol. The normalized spacial score (nSPS) is 20.5. The zero-order valence-electron chi connectivity index (χ0n) is 14.5. The van der Waals surface area contributed by atoms with Gasteiger partial charge in [-0.05, 0) is 44.2 Å². The highest BCUT2D eigenvalue weighted by Crippen LogP contribution is 2.43. The molecule has 132 valence electrons. The van der Waals surface area contributed by atoms with E-state index >= 15 is 0 Å². The number of likely N-dealkylation sites (N-methyl/N-ethyl adjacent to an activating group) is 1. The lowest BCUT2D eigenvalue weighted by molar-refractivity contribution is -0.141. The molecule has 1 atom stereocenters. The monoisotopic (exact) mass is 342 g/mol. The van der Waals surface area contributed by atoms with Crippen molar-refractivity contribution in [3.63, 3.8) is 0 Å². The Morgan fingerprint density at radius 3 is 2.92 bits per heavy atom. The number of carbonyl (C=O) groups is 1. The van der Waals surface area contributed by atoms with Crippen LogP contribution >= 0.6 is 0 Å². The average molecular weight is 342 g/mol. The Morgan fingerprint density at radius 1 is 1.36 bits per heavy atom. The Balaban J connectivity index is 1.42. The average Bonchev–Trinajstić information content (AvgIpc) is 3.17. The van der Waals surface area contributed by atoms with Crippen LogP contribution < -0.4 is 4.74 Å². The van der Waals surface area contributed by atoms with Crippen molar-refractivity contribution in [1.82, 2.24) is 30.4 Å². The fourth-order valence-corrected chi connectivity index (χ4v) is 3.44. The number of H-pyrrole nitrogens is 1. The van der Waals surface area contributed by atoms with Crippen LogP contribution in [0.2, 0.25) is 0 Å². The molecule has 1 aromatic carbocycles. The van der Waals surface area contributed by atoms with Gasteiger partial charge in [-0.1, -0.05) is 12.1 Å². The fraction of sp³-hybridized carbons (Fsp3) is 0.529. The Kier molecular flexibility index (Phi) is 3.91. The molecule has 1 saturated heterocycles. The summed E-state index contributed by atoms with van der Waals surface area (Å²) < 4.78 is 5.89. The molecule has 1 spiro atoms. The van der Waals surface area contributed by atoms with E-state index in [0.717, 1.165) is 25.2 Å². The van der Waals surface area contributed by atoms with Crippen LogP contribution in [0.3, 0.4) is 0 Å². The molecule has 1 unspecified atom stereocenters. The Bertz CT molecular complexity index is 758. The van der Waals surface area contributed by atoms with Crippen molar-refractivity contribution >= 4 is 5.91 Å². The number of amides is 1. The molecule has 1 aliphatic heterocycles. The molecular formula is C17H22N6O2. The van der Waals surface area contributed by atoms with Gasteiger partial charge >= 0.3 is 0 Å². The molecule has 2 aromatic rings. The van der Waals surface area contributed by atoms with Crippen LogP contribution in [0.15, 0.2) is 24.3 Å². The highest BCUT2D eigenvalue weighted by molar-refractivity contribution is 5.81. The summed E-state index contributed by atoms with van der Waals surface area (Å²) >= 11 is 0. The number of hydrogen-bond acceptors (Lipinski definition) is 6. The topological polar surface area (TPSA) is 87.2 Å². The van der Waals surface area contributed by atoms with Crippen molar-refractivity contribution < 1.29 is 9.53 Å². The molecule has 1 aromatic heterocycles. The third-order valence-corrected chi connectivity index (χ3v) is 5.24. The number of piperazine rings is 1. The van der Waals surface area contributed by atoms with Gasteiger partial charge in [-0.2, -0.15) is 5.21 Å². The Hall–Kier alpha value is -2.48. The quantitative estimate of drug-likeness (QED) is 0.890. The van der Waals surface area contributed by atoms with Crippen molar-refractivity contribution in [3.05, 3.63) is 24.3 Å². The first-order chi connectivity index (χ1) is 12.1. The van der Waals surface area contributed by atoms with Gasteiger partial charge in [0.05, 0.1) is 0 Å². The Morgan fingerprint density at radius 2 is 2.20 bits per heavy atom. The highest BCUT2D eigenvalue weighted by Gasteiger charge is 2.50.